The third-order valence-electron chi connectivity index (χ3n) is 3.99. The van der Waals surface area contributed by atoms with E-state index in [4.69, 9.17) is 4.74 Å². The first-order chi connectivity index (χ1) is 10.8. The molecule has 4 heteroatoms. The monoisotopic (exact) mass is 301 g/mol. The van der Waals surface area contributed by atoms with E-state index in [9.17, 15) is 0 Å². The SMILES string of the molecule is CCCCCC(CCn1cncn1)c1ccccc1OCC. The maximum Gasteiger partial charge on any atom is 0.137 e. The molecule has 0 amide bonds. The maximum absolute atomic E-state index is 5.83. The van der Waals surface area contributed by atoms with Gasteiger partial charge in [0.15, 0.2) is 0 Å². The molecule has 0 aliphatic carbocycles. The number of benzene rings is 1. The lowest BCUT2D eigenvalue weighted by Gasteiger charge is -2.20. The van der Waals surface area contributed by atoms with Crippen molar-refractivity contribution >= 4 is 0 Å². The minimum absolute atomic E-state index is 0.512. The van der Waals surface area contributed by atoms with Gasteiger partial charge < -0.3 is 4.74 Å². The third kappa shape index (κ3) is 4.86. The van der Waals surface area contributed by atoms with Gasteiger partial charge in [-0.05, 0) is 37.3 Å². The van der Waals surface area contributed by atoms with Crippen molar-refractivity contribution in [2.75, 3.05) is 6.61 Å². The maximum atomic E-state index is 5.83. The van der Waals surface area contributed by atoms with E-state index in [2.05, 4.69) is 41.3 Å². The van der Waals surface area contributed by atoms with Gasteiger partial charge in [0.1, 0.15) is 18.4 Å². The second-order valence-corrected chi connectivity index (χ2v) is 5.61. The molecular weight excluding hydrogens is 274 g/mol. The fourth-order valence-corrected chi connectivity index (χ4v) is 2.84. The molecule has 1 heterocycles. The Hall–Kier alpha value is -1.84. The molecule has 0 aliphatic heterocycles. The van der Waals surface area contributed by atoms with E-state index in [0.717, 1.165) is 18.7 Å². The molecule has 0 aliphatic rings. The Balaban J connectivity index is 2.08. The summed E-state index contributed by atoms with van der Waals surface area (Å²) in [6, 6.07) is 8.46. The minimum Gasteiger partial charge on any atom is -0.494 e. The first kappa shape index (κ1) is 16.5. The predicted octanol–water partition coefficient (Wildman–Crippen LogP) is 4.43. The Labute approximate surface area is 133 Å². The molecule has 0 saturated carbocycles. The van der Waals surface area contributed by atoms with Crippen LogP contribution in [0.5, 0.6) is 5.75 Å². The quantitative estimate of drug-likeness (QED) is 0.609. The summed E-state index contributed by atoms with van der Waals surface area (Å²) in [6.45, 7) is 5.90. The molecule has 4 nitrogen and oxygen atoms in total. The number of unbranched alkanes of at least 4 members (excludes halogenated alkanes) is 2. The van der Waals surface area contributed by atoms with Gasteiger partial charge in [-0.15, -0.1) is 0 Å². The van der Waals surface area contributed by atoms with E-state index >= 15 is 0 Å². The van der Waals surface area contributed by atoms with Crippen LogP contribution in [0.25, 0.3) is 0 Å². The van der Waals surface area contributed by atoms with Gasteiger partial charge >= 0.3 is 0 Å². The normalized spacial score (nSPS) is 12.3. The number of ether oxygens (including phenoxy) is 1. The summed E-state index contributed by atoms with van der Waals surface area (Å²) in [4.78, 5) is 4.02. The largest absolute Gasteiger partial charge is 0.494 e. The van der Waals surface area contributed by atoms with Gasteiger partial charge in [0, 0.05) is 6.54 Å². The molecular formula is C18H27N3O. The summed E-state index contributed by atoms with van der Waals surface area (Å²) >= 11 is 0. The highest BCUT2D eigenvalue weighted by atomic mass is 16.5. The fourth-order valence-electron chi connectivity index (χ4n) is 2.84. The number of hydrogen-bond donors (Lipinski definition) is 0. The number of nitrogens with zero attached hydrogens (tertiary/aromatic N) is 3. The second-order valence-electron chi connectivity index (χ2n) is 5.61. The predicted molar refractivity (Wildman–Crippen MR) is 89.1 cm³/mol. The Morgan fingerprint density at radius 1 is 1.14 bits per heavy atom. The summed E-state index contributed by atoms with van der Waals surface area (Å²) in [5.41, 5.74) is 1.33. The Bertz CT molecular complexity index is 525. The molecule has 0 N–H and O–H groups in total. The number of aromatic nitrogens is 3. The number of hydrogen-bond acceptors (Lipinski definition) is 3. The standard InChI is InChI=1S/C18H27N3O/c1-3-5-6-9-16(12-13-21-15-19-14-20-21)17-10-7-8-11-18(17)22-4-2/h7-8,10-11,14-16H,3-6,9,12-13H2,1-2H3. The lowest BCUT2D eigenvalue weighted by molar-refractivity contribution is 0.330. The lowest BCUT2D eigenvalue weighted by Crippen LogP contribution is -2.08. The van der Waals surface area contributed by atoms with Gasteiger partial charge in [-0.2, -0.15) is 5.10 Å². The molecule has 1 aromatic heterocycles. The van der Waals surface area contributed by atoms with E-state index in [-0.39, 0.29) is 0 Å². The first-order valence-corrected chi connectivity index (χ1v) is 8.39. The number of para-hydroxylation sites is 1. The number of aryl methyl sites for hydroxylation is 1. The van der Waals surface area contributed by atoms with E-state index in [1.165, 1.54) is 31.2 Å². The zero-order valence-corrected chi connectivity index (χ0v) is 13.7. The number of rotatable bonds is 10. The van der Waals surface area contributed by atoms with Crippen LogP contribution in [0, 0.1) is 0 Å². The van der Waals surface area contributed by atoms with Crippen LogP contribution in [0.15, 0.2) is 36.9 Å². The molecule has 120 valence electrons. The van der Waals surface area contributed by atoms with Crippen LogP contribution in [0.3, 0.4) is 0 Å². The van der Waals surface area contributed by atoms with Gasteiger partial charge in [0.2, 0.25) is 0 Å². The molecule has 0 saturated heterocycles. The average molecular weight is 301 g/mol. The highest BCUT2D eigenvalue weighted by Crippen LogP contribution is 2.33. The second kappa shape index (κ2) is 9.23. The van der Waals surface area contributed by atoms with Crippen LogP contribution in [-0.2, 0) is 6.54 Å². The van der Waals surface area contributed by atoms with Gasteiger partial charge in [-0.25, -0.2) is 4.98 Å². The van der Waals surface area contributed by atoms with Crippen LogP contribution in [-0.4, -0.2) is 21.4 Å². The Kier molecular flexibility index (Phi) is 6.94. The Morgan fingerprint density at radius 3 is 2.73 bits per heavy atom. The molecule has 1 unspecified atom stereocenters. The van der Waals surface area contributed by atoms with Gasteiger partial charge in [-0.1, -0.05) is 44.4 Å². The first-order valence-electron chi connectivity index (χ1n) is 8.39. The van der Waals surface area contributed by atoms with Crippen LogP contribution in [0.4, 0.5) is 0 Å². The van der Waals surface area contributed by atoms with E-state index in [0.29, 0.717) is 12.5 Å². The minimum atomic E-state index is 0.512. The summed E-state index contributed by atoms with van der Waals surface area (Å²) in [5, 5.41) is 4.21. The van der Waals surface area contributed by atoms with Crippen molar-refractivity contribution < 1.29 is 4.74 Å². The van der Waals surface area contributed by atoms with Gasteiger partial charge in [0.05, 0.1) is 6.61 Å². The molecule has 0 fully saturated rings. The molecule has 2 aromatic rings. The zero-order chi connectivity index (χ0) is 15.6. The molecule has 1 atom stereocenters. The summed E-state index contributed by atoms with van der Waals surface area (Å²) < 4.78 is 7.74. The van der Waals surface area contributed by atoms with Crippen molar-refractivity contribution in [3.05, 3.63) is 42.5 Å². The Morgan fingerprint density at radius 2 is 2.00 bits per heavy atom. The molecule has 0 radical (unpaired) electrons. The average Bonchev–Trinajstić information content (AvgIpc) is 3.05. The highest BCUT2D eigenvalue weighted by molar-refractivity contribution is 5.36. The summed E-state index contributed by atoms with van der Waals surface area (Å²) in [6.07, 6.45) is 9.46. The molecule has 2 rings (SSSR count). The fraction of sp³-hybridized carbons (Fsp3) is 0.556. The van der Waals surface area contributed by atoms with Crippen molar-refractivity contribution in [2.45, 2.75) is 58.4 Å². The lowest BCUT2D eigenvalue weighted by atomic mass is 9.89. The van der Waals surface area contributed by atoms with E-state index < -0.39 is 0 Å². The van der Waals surface area contributed by atoms with Crippen molar-refractivity contribution in [1.82, 2.24) is 14.8 Å². The molecule has 1 aromatic carbocycles. The smallest absolute Gasteiger partial charge is 0.137 e. The summed E-state index contributed by atoms with van der Waals surface area (Å²) in [7, 11) is 0. The topological polar surface area (TPSA) is 39.9 Å². The van der Waals surface area contributed by atoms with Crippen LogP contribution in [0.2, 0.25) is 0 Å². The van der Waals surface area contributed by atoms with Crippen molar-refractivity contribution in [3.63, 3.8) is 0 Å². The summed E-state index contributed by atoms with van der Waals surface area (Å²) in [5.74, 6) is 1.54. The highest BCUT2D eigenvalue weighted by Gasteiger charge is 2.16. The van der Waals surface area contributed by atoms with Crippen molar-refractivity contribution in [2.24, 2.45) is 0 Å². The zero-order valence-electron chi connectivity index (χ0n) is 13.7. The van der Waals surface area contributed by atoms with Gasteiger partial charge in [0.25, 0.3) is 0 Å². The molecule has 0 spiro atoms. The van der Waals surface area contributed by atoms with Crippen molar-refractivity contribution in [3.8, 4) is 5.75 Å². The molecule has 22 heavy (non-hydrogen) atoms. The van der Waals surface area contributed by atoms with E-state index in [1.54, 1.807) is 12.7 Å². The third-order valence-corrected chi connectivity index (χ3v) is 3.99. The van der Waals surface area contributed by atoms with Crippen LogP contribution >= 0.6 is 0 Å². The van der Waals surface area contributed by atoms with Gasteiger partial charge in [-0.3, -0.25) is 4.68 Å². The van der Waals surface area contributed by atoms with E-state index in [1.807, 2.05) is 11.6 Å². The van der Waals surface area contributed by atoms with Crippen molar-refractivity contribution in [1.29, 1.82) is 0 Å². The van der Waals surface area contributed by atoms with Crippen LogP contribution in [0.1, 0.15) is 57.4 Å². The van der Waals surface area contributed by atoms with Crippen LogP contribution < -0.4 is 4.74 Å². The molecule has 0 bridgehead atoms.